The number of nitrogens with two attached hydrogens (primary N) is 1. The number of hydrogen-bond donors (Lipinski definition) is 3. The van der Waals surface area contributed by atoms with Gasteiger partial charge in [-0.3, -0.25) is 4.79 Å². The highest BCUT2D eigenvalue weighted by atomic mass is 32.2. The van der Waals surface area contributed by atoms with E-state index in [0.717, 1.165) is 23.5 Å². The van der Waals surface area contributed by atoms with E-state index in [4.69, 9.17) is 10.5 Å². The number of nitrogen functional groups attached to an aromatic ring is 1. The lowest BCUT2D eigenvalue weighted by atomic mass is 10.1. The van der Waals surface area contributed by atoms with Crippen molar-refractivity contribution in [2.45, 2.75) is 32.2 Å². The van der Waals surface area contributed by atoms with Crippen molar-refractivity contribution in [3.63, 3.8) is 0 Å². The summed E-state index contributed by atoms with van der Waals surface area (Å²) in [6, 6.07) is 3.12. The third-order valence-electron chi connectivity index (χ3n) is 5.61. The molecular weight excluding hydrogens is 500 g/mol. The second-order valence-electron chi connectivity index (χ2n) is 8.09. The minimum Gasteiger partial charge on any atom is -0.382 e. The lowest BCUT2D eigenvalue weighted by Crippen LogP contribution is -2.43. The third-order valence-corrected chi connectivity index (χ3v) is 8.57. The van der Waals surface area contributed by atoms with Gasteiger partial charge >= 0.3 is 0 Å². The standard InChI is InChI=1S/C22H31F2N5O4S2/c1-2-33-13-10-26-9-4-14-35(31,32)29-11-7-15(8-12-29)27-22-28-21(25)20(34-22)19(30)18-16(23)5-3-6-17(18)24/h3,5-6,15,26H,2,4,7-14,25H2,1H3,(H,27,28). The maximum Gasteiger partial charge on any atom is 0.214 e. The quantitative estimate of drug-likeness (QED) is 0.266. The highest BCUT2D eigenvalue weighted by Crippen LogP contribution is 2.30. The lowest BCUT2D eigenvalue weighted by Gasteiger charge is -2.31. The van der Waals surface area contributed by atoms with E-state index in [1.165, 1.54) is 10.4 Å². The van der Waals surface area contributed by atoms with E-state index in [1.54, 1.807) is 0 Å². The number of hydrogen-bond acceptors (Lipinski definition) is 9. The summed E-state index contributed by atoms with van der Waals surface area (Å²) in [7, 11) is -3.34. The number of nitrogens with zero attached hydrogens (tertiary/aromatic N) is 2. The smallest absolute Gasteiger partial charge is 0.214 e. The van der Waals surface area contributed by atoms with E-state index < -0.39 is 33.0 Å². The molecule has 0 amide bonds. The van der Waals surface area contributed by atoms with Gasteiger partial charge in [0.1, 0.15) is 22.3 Å². The first-order valence-electron chi connectivity index (χ1n) is 11.5. The van der Waals surface area contributed by atoms with Crippen LogP contribution in [0.2, 0.25) is 0 Å². The van der Waals surface area contributed by atoms with Crippen molar-refractivity contribution in [3.05, 3.63) is 40.3 Å². The van der Waals surface area contributed by atoms with Gasteiger partial charge in [0.05, 0.1) is 17.9 Å². The second kappa shape index (κ2) is 12.7. The summed E-state index contributed by atoms with van der Waals surface area (Å²) >= 11 is 0.923. The molecule has 3 rings (SSSR count). The van der Waals surface area contributed by atoms with Crippen molar-refractivity contribution < 1.29 is 26.7 Å². The van der Waals surface area contributed by atoms with Gasteiger partial charge in [-0.05, 0) is 44.9 Å². The summed E-state index contributed by atoms with van der Waals surface area (Å²) in [6.07, 6.45) is 1.62. The van der Waals surface area contributed by atoms with Gasteiger partial charge in [0.15, 0.2) is 5.13 Å². The van der Waals surface area contributed by atoms with Gasteiger partial charge in [0.25, 0.3) is 0 Å². The van der Waals surface area contributed by atoms with Crippen LogP contribution in [0.15, 0.2) is 18.2 Å². The molecule has 1 aromatic carbocycles. The number of ether oxygens (including phenoxy) is 1. The number of carbonyl (C=O) groups is 1. The summed E-state index contributed by atoms with van der Waals surface area (Å²) in [5, 5.41) is 6.68. The number of rotatable bonds is 13. The Morgan fingerprint density at radius 3 is 2.60 bits per heavy atom. The Labute approximate surface area is 208 Å². The van der Waals surface area contributed by atoms with E-state index in [0.29, 0.717) is 63.8 Å². The second-order valence-corrected chi connectivity index (χ2v) is 11.2. The molecule has 4 N–H and O–H groups in total. The average molecular weight is 532 g/mol. The molecule has 1 fully saturated rings. The molecule has 9 nitrogen and oxygen atoms in total. The Hall–Kier alpha value is -2.19. The Bertz CT molecular complexity index is 1090. The molecule has 0 aliphatic carbocycles. The van der Waals surface area contributed by atoms with E-state index in [1.807, 2.05) is 6.92 Å². The number of halogens is 2. The zero-order chi connectivity index (χ0) is 25.4. The van der Waals surface area contributed by atoms with Gasteiger partial charge in [0, 0.05) is 32.3 Å². The molecule has 1 aromatic heterocycles. The monoisotopic (exact) mass is 531 g/mol. The number of aromatic nitrogens is 1. The maximum atomic E-state index is 14.0. The molecule has 35 heavy (non-hydrogen) atoms. The molecule has 13 heteroatoms. The molecule has 0 radical (unpaired) electrons. The van der Waals surface area contributed by atoms with Crippen molar-refractivity contribution in [2.75, 3.05) is 56.2 Å². The minimum absolute atomic E-state index is 0.0496. The average Bonchev–Trinajstić information content (AvgIpc) is 3.18. The van der Waals surface area contributed by atoms with Crippen LogP contribution in [-0.4, -0.2) is 74.7 Å². The van der Waals surface area contributed by atoms with Gasteiger partial charge in [-0.1, -0.05) is 17.4 Å². The van der Waals surface area contributed by atoms with Crippen LogP contribution >= 0.6 is 11.3 Å². The summed E-state index contributed by atoms with van der Waals surface area (Å²) in [4.78, 5) is 16.7. The van der Waals surface area contributed by atoms with Crippen molar-refractivity contribution in [1.82, 2.24) is 14.6 Å². The van der Waals surface area contributed by atoms with Gasteiger partial charge in [-0.15, -0.1) is 0 Å². The van der Waals surface area contributed by atoms with Crippen LogP contribution < -0.4 is 16.4 Å². The van der Waals surface area contributed by atoms with Crippen molar-refractivity contribution >= 4 is 38.1 Å². The Balaban J connectivity index is 1.49. The normalized spacial score (nSPS) is 15.4. The van der Waals surface area contributed by atoms with Crippen molar-refractivity contribution in [3.8, 4) is 0 Å². The summed E-state index contributed by atoms with van der Waals surface area (Å²) in [6.45, 7) is 5.21. The molecule has 1 aliphatic heterocycles. The molecule has 2 heterocycles. The molecule has 194 valence electrons. The van der Waals surface area contributed by atoms with Crippen LogP contribution in [0.4, 0.5) is 19.7 Å². The summed E-state index contributed by atoms with van der Waals surface area (Å²) in [5.41, 5.74) is 5.18. The lowest BCUT2D eigenvalue weighted by molar-refractivity contribution is 0.103. The largest absolute Gasteiger partial charge is 0.382 e. The van der Waals surface area contributed by atoms with Crippen LogP contribution in [0, 0.1) is 11.6 Å². The van der Waals surface area contributed by atoms with Gasteiger partial charge < -0.3 is 21.1 Å². The predicted octanol–water partition coefficient (Wildman–Crippen LogP) is 2.46. The van der Waals surface area contributed by atoms with Crippen LogP contribution in [0.1, 0.15) is 41.4 Å². The number of benzene rings is 1. The number of piperidine rings is 1. The third kappa shape index (κ3) is 7.40. The number of nitrogens with one attached hydrogen (secondary N) is 2. The highest BCUT2D eigenvalue weighted by molar-refractivity contribution is 7.89. The maximum absolute atomic E-state index is 14.0. The molecule has 1 aliphatic rings. The molecular formula is C22H31F2N5O4S2. The van der Waals surface area contributed by atoms with Crippen LogP contribution in [0.5, 0.6) is 0 Å². The molecule has 1 saturated heterocycles. The Morgan fingerprint density at radius 2 is 1.94 bits per heavy atom. The van der Waals surface area contributed by atoms with E-state index in [-0.39, 0.29) is 22.5 Å². The first kappa shape index (κ1) is 27.4. The number of carbonyl (C=O) groups excluding carboxylic acids is 1. The zero-order valence-electron chi connectivity index (χ0n) is 19.6. The van der Waals surface area contributed by atoms with Crippen LogP contribution in [-0.2, 0) is 14.8 Å². The van der Waals surface area contributed by atoms with Gasteiger partial charge in [0.2, 0.25) is 15.8 Å². The fourth-order valence-electron chi connectivity index (χ4n) is 3.76. The SMILES string of the molecule is CCOCCNCCCS(=O)(=O)N1CCC(Nc2nc(N)c(C(=O)c3c(F)cccc3F)s2)CC1. The summed E-state index contributed by atoms with van der Waals surface area (Å²) in [5.74, 6) is -2.83. The molecule has 0 saturated carbocycles. The molecule has 0 unspecified atom stereocenters. The molecule has 0 atom stereocenters. The Kier molecular flexibility index (Phi) is 9.92. The Morgan fingerprint density at radius 1 is 1.26 bits per heavy atom. The fraction of sp³-hybridized carbons (Fsp3) is 0.545. The molecule has 2 aromatic rings. The topological polar surface area (TPSA) is 127 Å². The minimum atomic E-state index is -3.34. The van der Waals surface area contributed by atoms with Crippen molar-refractivity contribution in [2.24, 2.45) is 0 Å². The first-order valence-corrected chi connectivity index (χ1v) is 13.9. The number of thiazole rings is 1. The molecule has 0 bridgehead atoms. The summed E-state index contributed by atoms with van der Waals surface area (Å²) < 4.78 is 60.0. The van der Waals surface area contributed by atoms with Gasteiger partial charge in [-0.25, -0.2) is 26.5 Å². The number of anilines is 2. The number of ketones is 1. The van der Waals surface area contributed by atoms with Crippen LogP contribution in [0.3, 0.4) is 0 Å². The predicted molar refractivity (Wildman–Crippen MR) is 132 cm³/mol. The zero-order valence-corrected chi connectivity index (χ0v) is 21.2. The first-order chi connectivity index (χ1) is 16.7. The fourth-order valence-corrected chi connectivity index (χ4v) is 6.20. The van der Waals surface area contributed by atoms with E-state index >= 15 is 0 Å². The van der Waals surface area contributed by atoms with E-state index in [2.05, 4.69) is 15.6 Å². The van der Waals surface area contributed by atoms with Crippen LogP contribution in [0.25, 0.3) is 0 Å². The number of sulfonamides is 1. The van der Waals surface area contributed by atoms with Gasteiger partial charge in [-0.2, -0.15) is 0 Å². The van der Waals surface area contributed by atoms with E-state index in [9.17, 15) is 22.0 Å². The van der Waals surface area contributed by atoms with Crippen molar-refractivity contribution in [1.29, 1.82) is 0 Å². The molecule has 0 spiro atoms. The highest BCUT2D eigenvalue weighted by Gasteiger charge is 2.29.